The zero-order valence-corrected chi connectivity index (χ0v) is 13.4. The normalized spacial score (nSPS) is 10.7. The predicted octanol–water partition coefficient (Wildman–Crippen LogP) is 4.70. The third-order valence-corrected chi connectivity index (χ3v) is 3.46. The van der Waals surface area contributed by atoms with Crippen LogP contribution in [0.15, 0.2) is 48.5 Å². The van der Waals surface area contributed by atoms with Gasteiger partial charge in [-0.1, -0.05) is 29.8 Å². The van der Waals surface area contributed by atoms with Gasteiger partial charge in [0.1, 0.15) is 5.75 Å². The Kier molecular flexibility index (Phi) is 5.61. The van der Waals surface area contributed by atoms with E-state index < -0.39 is 0 Å². The molecule has 0 aromatic heterocycles. The van der Waals surface area contributed by atoms with E-state index in [1.807, 2.05) is 50.2 Å². The predicted molar refractivity (Wildman–Crippen MR) is 91.5 cm³/mol. The molecule has 4 heteroatoms. The van der Waals surface area contributed by atoms with E-state index in [1.165, 1.54) is 6.08 Å². The number of rotatable bonds is 5. The molecule has 0 aliphatic heterocycles. The van der Waals surface area contributed by atoms with Crippen molar-refractivity contribution in [1.82, 2.24) is 0 Å². The van der Waals surface area contributed by atoms with E-state index in [1.54, 1.807) is 12.1 Å². The Balaban J connectivity index is 1.97. The summed E-state index contributed by atoms with van der Waals surface area (Å²) >= 11 is 6.03. The van der Waals surface area contributed by atoms with Crippen molar-refractivity contribution in [2.75, 3.05) is 11.9 Å². The van der Waals surface area contributed by atoms with E-state index in [0.29, 0.717) is 17.3 Å². The number of ether oxygens (including phenoxy) is 1. The van der Waals surface area contributed by atoms with Crippen LogP contribution in [0.25, 0.3) is 6.08 Å². The van der Waals surface area contributed by atoms with Crippen LogP contribution in [0, 0.1) is 6.92 Å². The molecule has 2 aromatic carbocycles. The maximum atomic E-state index is 11.9. The van der Waals surface area contributed by atoms with Gasteiger partial charge in [0.2, 0.25) is 5.91 Å². The van der Waals surface area contributed by atoms with Crippen LogP contribution in [-0.4, -0.2) is 12.5 Å². The van der Waals surface area contributed by atoms with Crippen LogP contribution < -0.4 is 10.1 Å². The van der Waals surface area contributed by atoms with Gasteiger partial charge in [0, 0.05) is 16.8 Å². The molecular weight excluding hydrogens is 298 g/mol. The minimum atomic E-state index is -0.200. The maximum absolute atomic E-state index is 11.9. The van der Waals surface area contributed by atoms with Crippen LogP contribution in [0.1, 0.15) is 18.1 Å². The quantitative estimate of drug-likeness (QED) is 0.812. The largest absolute Gasteiger partial charge is 0.494 e. The second-order valence-electron chi connectivity index (χ2n) is 4.79. The average Bonchev–Trinajstić information content (AvgIpc) is 2.51. The van der Waals surface area contributed by atoms with Gasteiger partial charge in [0.15, 0.2) is 0 Å². The Morgan fingerprint density at radius 2 is 1.95 bits per heavy atom. The minimum Gasteiger partial charge on any atom is -0.494 e. The smallest absolute Gasteiger partial charge is 0.248 e. The lowest BCUT2D eigenvalue weighted by Crippen LogP contribution is -2.07. The van der Waals surface area contributed by atoms with Crippen molar-refractivity contribution in [1.29, 1.82) is 0 Å². The number of carbonyl (C=O) groups is 1. The Morgan fingerprint density at radius 1 is 1.23 bits per heavy atom. The highest BCUT2D eigenvalue weighted by atomic mass is 35.5. The molecule has 0 aliphatic rings. The van der Waals surface area contributed by atoms with Gasteiger partial charge in [0.25, 0.3) is 0 Å². The third-order valence-electron chi connectivity index (χ3n) is 3.06. The van der Waals surface area contributed by atoms with Gasteiger partial charge >= 0.3 is 0 Å². The summed E-state index contributed by atoms with van der Waals surface area (Å²) in [7, 11) is 0. The molecule has 0 aliphatic carbocycles. The van der Waals surface area contributed by atoms with Crippen molar-refractivity contribution < 1.29 is 9.53 Å². The SMILES string of the molecule is CCOc1ccc(/C=C/C(=O)Nc2ccc(C)c(Cl)c2)cc1. The van der Waals surface area contributed by atoms with E-state index in [0.717, 1.165) is 16.9 Å². The third kappa shape index (κ3) is 4.64. The van der Waals surface area contributed by atoms with Crippen molar-refractivity contribution >= 4 is 29.3 Å². The monoisotopic (exact) mass is 315 g/mol. The van der Waals surface area contributed by atoms with Crippen LogP contribution in [0.4, 0.5) is 5.69 Å². The number of amides is 1. The van der Waals surface area contributed by atoms with Crippen molar-refractivity contribution in [2.45, 2.75) is 13.8 Å². The zero-order chi connectivity index (χ0) is 15.9. The van der Waals surface area contributed by atoms with Crippen molar-refractivity contribution in [3.05, 3.63) is 64.7 Å². The second kappa shape index (κ2) is 7.66. The molecule has 0 atom stereocenters. The molecule has 0 bridgehead atoms. The summed E-state index contributed by atoms with van der Waals surface area (Å²) in [6.45, 7) is 4.49. The summed E-state index contributed by atoms with van der Waals surface area (Å²) in [5.41, 5.74) is 2.59. The molecule has 0 saturated heterocycles. The molecular formula is C18H18ClNO2. The Morgan fingerprint density at radius 3 is 2.59 bits per heavy atom. The summed E-state index contributed by atoms with van der Waals surface area (Å²) in [5.74, 6) is 0.618. The number of nitrogens with one attached hydrogen (secondary N) is 1. The number of benzene rings is 2. The van der Waals surface area contributed by atoms with Crippen molar-refractivity contribution in [2.24, 2.45) is 0 Å². The fourth-order valence-electron chi connectivity index (χ4n) is 1.87. The van der Waals surface area contributed by atoms with Crippen LogP contribution in [0.3, 0.4) is 0 Å². The Hall–Kier alpha value is -2.26. The first kappa shape index (κ1) is 16.1. The van der Waals surface area contributed by atoms with E-state index in [4.69, 9.17) is 16.3 Å². The molecule has 22 heavy (non-hydrogen) atoms. The molecule has 0 saturated carbocycles. The molecule has 0 spiro atoms. The van der Waals surface area contributed by atoms with Crippen molar-refractivity contribution in [3.8, 4) is 5.75 Å². The Labute approximate surface area is 135 Å². The van der Waals surface area contributed by atoms with E-state index in [9.17, 15) is 4.79 Å². The van der Waals surface area contributed by atoms with E-state index in [2.05, 4.69) is 5.32 Å². The van der Waals surface area contributed by atoms with Gasteiger partial charge in [-0.3, -0.25) is 4.79 Å². The molecule has 0 unspecified atom stereocenters. The van der Waals surface area contributed by atoms with Crippen LogP contribution >= 0.6 is 11.6 Å². The van der Waals surface area contributed by atoms with Gasteiger partial charge in [-0.2, -0.15) is 0 Å². The molecule has 0 fully saturated rings. The van der Waals surface area contributed by atoms with Crippen LogP contribution in [-0.2, 0) is 4.79 Å². The maximum Gasteiger partial charge on any atom is 0.248 e. The summed E-state index contributed by atoms with van der Waals surface area (Å²) in [4.78, 5) is 11.9. The summed E-state index contributed by atoms with van der Waals surface area (Å²) in [5, 5.41) is 3.41. The summed E-state index contributed by atoms with van der Waals surface area (Å²) in [6, 6.07) is 13.0. The Bertz CT molecular complexity index is 678. The lowest BCUT2D eigenvalue weighted by atomic mass is 10.2. The molecule has 114 valence electrons. The average molecular weight is 316 g/mol. The molecule has 2 rings (SSSR count). The number of hydrogen-bond donors (Lipinski definition) is 1. The lowest BCUT2D eigenvalue weighted by molar-refractivity contribution is -0.111. The summed E-state index contributed by atoms with van der Waals surface area (Å²) < 4.78 is 5.37. The van der Waals surface area contributed by atoms with Gasteiger partial charge in [-0.05, 0) is 55.3 Å². The molecule has 3 nitrogen and oxygen atoms in total. The van der Waals surface area contributed by atoms with Crippen LogP contribution in [0.2, 0.25) is 5.02 Å². The highest BCUT2D eigenvalue weighted by Gasteiger charge is 2.01. The zero-order valence-electron chi connectivity index (χ0n) is 12.6. The van der Waals surface area contributed by atoms with Crippen molar-refractivity contribution in [3.63, 3.8) is 0 Å². The molecule has 1 N–H and O–H groups in total. The fraction of sp³-hybridized carbons (Fsp3) is 0.167. The first-order chi connectivity index (χ1) is 10.6. The first-order valence-corrected chi connectivity index (χ1v) is 7.44. The standard InChI is InChI=1S/C18H18ClNO2/c1-3-22-16-9-5-14(6-10-16)7-11-18(21)20-15-8-4-13(2)17(19)12-15/h4-12H,3H2,1-2H3,(H,20,21)/b11-7+. The molecule has 1 amide bonds. The van der Waals surface area contributed by atoms with E-state index >= 15 is 0 Å². The van der Waals surface area contributed by atoms with Gasteiger partial charge in [-0.15, -0.1) is 0 Å². The van der Waals surface area contributed by atoms with E-state index in [-0.39, 0.29) is 5.91 Å². The molecule has 2 aromatic rings. The molecule has 0 heterocycles. The number of halogens is 1. The number of anilines is 1. The van der Waals surface area contributed by atoms with Gasteiger partial charge in [0.05, 0.1) is 6.61 Å². The van der Waals surface area contributed by atoms with Crippen LogP contribution in [0.5, 0.6) is 5.75 Å². The lowest BCUT2D eigenvalue weighted by Gasteiger charge is -2.04. The van der Waals surface area contributed by atoms with Gasteiger partial charge in [-0.25, -0.2) is 0 Å². The number of hydrogen-bond acceptors (Lipinski definition) is 2. The minimum absolute atomic E-state index is 0.200. The number of carbonyl (C=O) groups excluding carboxylic acids is 1. The van der Waals surface area contributed by atoms with Gasteiger partial charge < -0.3 is 10.1 Å². The fourth-order valence-corrected chi connectivity index (χ4v) is 2.05. The topological polar surface area (TPSA) is 38.3 Å². The first-order valence-electron chi connectivity index (χ1n) is 7.06. The summed E-state index contributed by atoms with van der Waals surface area (Å²) in [6.07, 6.45) is 3.24. The molecule has 0 radical (unpaired) electrons. The second-order valence-corrected chi connectivity index (χ2v) is 5.20. The highest BCUT2D eigenvalue weighted by molar-refractivity contribution is 6.31. The highest BCUT2D eigenvalue weighted by Crippen LogP contribution is 2.20. The number of aryl methyl sites for hydroxylation is 1.